The maximum Gasteiger partial charge on any atom is 0.136 e. The minimum atomic E-state index is 0.566. The monoisotopic (exact) mass is 267 g/mol. The van der Waals surface area contributed by atoms with Crippen LogP contribution >= 0.6 is 0 Å². The second kappa shape index (κ2) is 7.27. The van der Waals surface area contributed by atoms with E-state index in [1.165, 1.54) is 0 Å². The molecule has 0 aliphatic rings. The Bertz CT molecular complexity index is 590. The lowest BCUT2D eigenvalue weighted by Gasteiger charge is -2.07. The van der Waals surface area contributed by atoms with Gasteiger partial charge in [-0.3, -0.25) is 4.98 Å². The van der Waals surface area contributed by atoms with Gasteiger partial charge >= 0.3 is 0 Å². The number of hydrogen-bond donors (Lipinski definition) is 1. The molecular weight excluding hydrogens is 250 g/mol. The Hall–Kier alpha value is -2.38. The zero-order chi connectivity index (χ0) is 14.2. The summed E-state index contributed by atoms with van der Waals surface area (Å²) >= 11 is 0. The molecule has 0 unspecified atom stereocenters. The first kappa shape index (κ1) is 14.0. The predicted octanol–water partition coefficient (Wildman–Crippen LogP) is 2.29. The molecule has 4 heteroatoms. The number of pyridine rings is 1. The van der Waals surface area contributed by atoms with Crippen molar-refractivity contribution >= 4 is 0 Å². The summed E-state index contributed by atoms with van der Waals surface area (Å²) in [6.45, 7) is 1.58. The van der Waals surface area contributed by atoms with Gasteiger partial charge in [0.15, 0.2) is 0 Å². The van der Waals surface area contributed by atoms with Gasteiger partial charge in [-0.05, 0) is 29.8 Å². The average Bonchev–Trinajstić information content (AvgIpc) is 2.52. The molecule has 4 nitrogen and oxygen atoms in total. The highest BCUT2D eigenvalue weighted by Crippen LogP contribution is 2.18. The standard InChI is InChI=1S/C16H17N3O/c1-20-16-6-5-13(10-14(16)11-17)12-18-9-7-15-4-2-3-8-19-15/h2-6,8,10,18H,7,9,12H2,1H3. The number of methoxy groups -OCH3 is 1. The third-order valence-electron chi connectivity index (χ3n) is 3.00. The van der Waals surface area contributed by atoms with Crippen LogP contribution in [0.25, 0.3) is 0 Å². The third-order valence-corrected chi connectivity index (χ3v) is 3.00. The van der Waals surface area contributed by atoms with Gasteiger partial charge in [-0.25, -0.2) is 0 Å². The molecule has 2 rings (SSSR count). The van der Waals surface area contributed by atoms with Gasteiger partial charge in [-0.15, -0.1) is 0 Å². The molecule has 0 spiro atoms. The lowest BCUT2D eigenvalue weighted by molar-refractivity contribution is 0.413. The molecule has 0 radical (unpaired) electrons. The fraction of sp³-hybridized carbons (Fsp3) is 0.250. The summed E-state index contributed by atoms with van der Waals surface area (Å²) in [6, 6.07) is 13.7. The van der Waals surface area contributed by atoms with Crippen LogP contribution in [-0.2, 0) is 13.0 Å². The lowest BCUT2D eigenvalue weighted by Crippen LogP contribution is -2.17. The fourth-order valence-corrected chi connectivity index (χ4v) is 1.95. The summed E-state index contributed by atoms with van der Waals surface area (Å²) in [5, 5.41) is 12.4. The van der Waals surface area contributed by atoms with E-state index in [1.807, 2.05) is 36.4 Å². The van der Waals surface area contributed by atoms with Gasteiger partial charge < -0.3 is 10.1 Å². The van der Waals surface area contributed by atoms with E-state index in [9.17, 15) is 0 Å². The van der Waals surface area contributed by atoms with E-state index in [4.69, 9.17) is 10.00 Å². The highest BCUT2D eigenvalue weighted by Gasteiger charge is 2.03. The van der Waals surface area contributed by atoms with Crippen molar-refractivity contribution in [2.24, 2.45) is 0 Å². The zero-order valence-electron chi connectivity index (χ0n) is 11.5. The second-order valence-corrected chi connectivity index (χ2v) is 4.39. The van der Waals surface area contributed by atoms with Gasteiger partial charge in [0, 0.05) is 31.4 Å². The van der Waals surface area contributed by atoms with Crippen LogP contribution in [0.4, 0.5) is 0 Å². The van der Waals surface area contributed by atoms with Crippen LogP contribution in [0.5, 0.6) is 5.75 Å². The summed E-state index contributed by atoms with van der Waals surface area (Å²) in [6.07, 6.45) is 2.69. The van der Waals surface area contributed by atoms with Crippen LogP contribution in [0.1, 0.15) is 16.8 Å². The Kier molecular flexibility index (Phi) is 5.10. The Labute approximate surface area is 119 Å². The van der Waals surface area contributed by atoms with Crippen LogP contribution in [0.15, 0.2) is 42.6 Å². The topological polar surface area (TPSA) is 57.9 Å². The van der Waals surface area contributed by atoms with Crippen molar-refractivity contribution in [3.63, 3.8) is 0 Å². The van der Waals surface area contributed by atoms with Crippen molar-refractivity contribution < 1.29 is 4.74 Å². The minimum absolute atomic E-state index is 0.566. The number of aromatic nitrogens is 1. The molecule has 1 N–H and O–H groups in total. The SMILES string of the molecule is COc1ccc(CNCCc2ccccn2)cc1C#N. The Morgan fingerprint density at radius 1 is 1.30 bits per heavy atom. The first-order chi connectivity index (χ1) is 9.83. The van der Waals surface area contributed by atoms with Crippen molar-refractivity contribution in [1.29, 1.82) is 5.26 Å². The van der Waals surface area contributed by atoms with Crippen LogP contribution in [0, 0.1) is 11.3 Å². The normalized spacial score (nSPS) is 10.0. The van der Waals surface area contributed by atoms with Crippen LogP contribution in [-0.4, -0.2) is 18.6 Å². The molecule has 0 fully saturated rings. The molecule has 2 aromatic rings. The molecular formula is C16H17N3O. The van der Waals surface area contributed by atoms with Gasteiger partial charge in [0.25, 0.3) is 0 Å². The molecule has 0 atom stereocenters. The molecule has 1 aromatic heterocycles. The summed E-state index contributed by atoms with van der Waals surface area (Å²) in [5.41, 5.74) is 2.72. The third kappa shape index (κ3) is 3.81. The number of nitriles is 1. The van der Waals surface area contributed by atoms with E-state index in [2.05, 4.69) is 16.4 Å². The number of benzene rings is 1. The van der Waals surface area contributed by atoms with E-state index in [0.29, 0.717) is 11.3 Å². The van der Waals surface area contributed by atoms with Crippen molar-refractivity contribution in [1.82, 2.24) is 10.3 Å². The van der Waals surface area contributed by atoms with Crippen molar-refractivity contribution in [2.45, 2.75) is 13.0 Å². The molecule has 0 bridgehead atoms. The van der Waals surface area contributed by atoms with E-state index in [-0.39, 0.29) is 0 Å². The molecule has 1 heterocycles. The number of nitrogens with zero attached hydrogens (tertiary/aromatic N) is 2. The molecule has 1 aromatic carbocycles. The van der Waals surface area contributed by atoms with Gasteiger partial charge in [0.1, 0.15) is 11.8 Å². The van der Waals surface area contributed by atoms with E-state index in [0.717, 1.165) is 30.8 Å². The summed E-state index contributed by atoms with van der Waals surface area (Å²) in [7, 11) is 1.57. The fourth-order valence-electron chi connectivity index (χ4n) is 1.95. The van der Waals surface area contributed by atoms with Crippen molar-refractivity contribution in [3.8, 4) is 11.8 Å². The van der Waals surface area contributed by atoms with E-state index >= 15 is 0 Å². The Morgan fingerprint density at radius 3 is 2.90 bits per heavy atom. The second-order valence-electron chi connectivity index (χ2n) is 4.39. The molecule has 20 heavy (non-hydrogen) atoms. The van der Waals surface area contributed by atoms with Gasteiger partial charge in [-0.2, -0.15) is 5.26 Å². The number of nitrogens with one attached hydrogen (secondary N) is 1. The molecule has 102 valence electrons. The summed E-state index contributed by atoms with van der Waals surface area (Å²) < 4.78 is 5.12. The first-order valence-electron chi connectivity index (χ1n) is 6.51. The quantitative estimate of drug-likeness (QED) is 0.816. The first-order valence-corrected chi connectivity index (χ1v) is 6.51. The Balaban J connectivity index is 1.84. The molecule has 0 aliphatic heterocycles. The largest absolute Gasteiger partial charge is 0.495 e. The number of ether oxygens (including phenoxy) is 1. The van der Waals surface area contributed by atoms with Gasteiger partial charge in [0.05, 0.1) is 12.7 Å². The van der Waals surface area contributed by atoms with Crippen molar-refractivity contribution in [3.05, 3.63) is 59.4 Å². The lowest BCUT2D eigenvalue weighted by atomic mass is 10.1. The van der Waals surface area contributed by atoms with Crippen LogP contribution in [0.3, 0.4) is 0 Å². The highest BCUT2D eigenvalue weighted by molar-refractivity contribution is 5.45. The average molecular weight is 267 g/mol. The smallest absolute Gasteiger partial charge is 0.136 e. The number of rotatable bonds is 6. The van der Waals surface area contributed by atoms with Crippen LogP contribution < -0.4 is 10.1 Å². The number of hydrogen-bond acceptors (Lipinski definition) is 4. The predicted molar refractivity (Wildman–Crippen MR) is 77.4 cm³/mol. The molecule has 0 aliphatic carbocycles. The molecule has 0 saturated carbocycles. The Morgan fingerprint density at radius 2 is 2.20 bits per heavy atom. The van der Waals surface area contributed by atoms with Gasteiger partial charge in [0.2, 0.25) is 0 Å². The van der Waals surface area contributed by atoms with E-state index < -0.39 is 0 Å². The highest BCUT2D eigenvalue weighted by atomic mass is 16.5. The molecule has 0 amide bonds. The maximum absolute atomic E-state index is 9.04. The maximum atomic E-state index is 9.04. The van der Waals surface area contributed by atoms with Gasteiger partial charge in [-0.1, -0.05) is 12.1 Å². The van der Waals surface area contributed by atoms with Crippen LogP contribution in [0.2, 0.25) is 0 Å². The van der Waals surface area contributed by atoms with Crippen molar-refractivity contribution in [2.75, 3.05) is 13.7 Å². The van der Waals surface area contributed by atoms with E-state index in [1.54, 1.807) is 13.3 Å². The summed E-state index contributed by atoms with van der Waals surface area (Å²) in [4.78, 5) is 4.27. The summed E-state index contributed by atoms with van der Waals surface area (Å²) in [5.74, 6) is 0.615. The zero-order valence-corrected chi connectivity index (χ0v) is 11.5. The minimum Gasteiger partial charge on any atom is -0.495 e. The molecule has 0 saturated heterocycles.